The van der Waals surface area contributed by atoms with Gasteiger partial charge < -0.3 is 25.0 Å². The Morgan fingerprint density at radius 1 is 1.06 bits per heavy atom. The van der Waals surface area contributed by atoms with E-state index >= 15 is 0 Å². The maximum absolute atomic E-state index is 13.0. The number of aliphatic hydroxyl groups excluding tert-OH is 1. The highest BCUT2D eigenvalue weighted by Crippen LogP contribution is 2.42. The van der Waals surface area contributed by atoms with Crippen molar-refractivity contribution < 1.29 is 29.6 Å². The van der Waals surface area contributed by atoms with Crippen LogP contribution in [-0.4, -0.2) is 38.5 Å². The van der Waals surface area contributed by atoms with Crippen molar-refractivity contribution in [1.82, 2.24) is 4.90 Å². The van der Waals surface area contributed by atoms with Gasteiger partial charge in [0.05, 0.1) is 24.8 Å². The first-order chi connectivity index (χ1) is 15.4. The third-order valence-corrected chi connectivity index (χ3v) is 6.06. The zero-order valence-electron chi connectivity index (χ0n) is 17.2. The number of nitrogens with zero attached hydrogens (tertiary/aromatic N) is 1. The number of hydrogen-bond donors (Lipinski definition) is 3. The number of thiophene rings is 1. The van der Waals surface area contributed by atoms with Crippen LogP contribution in [0.25, 0.3) is 5.76 Å². The maximum Gasteiger partial charge on any atom is 0.295 e. The largest absolute Gasteiger partial charge is 0.507 e. The number of ketones is 1. The van der Waals surface area contributed by atoms with E-state index in [1.165, 1.54) is 34.4 Å². The zero-order chi connectivity index (χ0) is 22.8. The lowest BCUT2D eigenvalue weighted by Crippen LogP contribution is -2.28. The summed E-state index contributed by atoms with van der Waals surface area (Å²) in [6, 6.07) is 13.4. The van der Waals surface area contributed by atoms with E-state index in [1.807, 2.05) is 24.4 Å². The second kappa shape index (κ2) is 8.76. The van der Waals surface area contributed by atoms with E-state index in [1.54, 1.807) is 24.3 Å². The van der Waals surface area contributed by atoms with Crippen LogP contribution in [0.2, 0.25) is 0 Å². The number of phenolic OH excluding ortho intramolecular Hbond substituents is 2. The molecule has 0 radical (unpaired) electrons. The van der Waals surface area contributed by atoms with Gasteiger partial charge in [0.25, 0.3) is 11.7 Å². The van der Waals surface area contributed by atoms with E-state index in [4.69, 9.17) is 4.74 Å². The number of aliphatic hydroxyl groups is 1. The maximum atomic E-state index is 13.0. The van der Waals surface area contributed by atoms with Gasteiger partial charge in [-0.1, -0.05) is 12.1 Å². The summed E-state index contributed by atoms with van der Waals surface area (Å²) in [4.78, 5) is 28.2. The number of amides is 1. The first kappa shape index (κ1) is 21.5. The lowest BCUT2D eigenvalue weighted by Gasteiger charge is -2.25. The lowest BCUT2D eigenvalue weighted by atomic mass is 9.95. The van der Waals surface area contributed by atoms with Crippen LogP contribution in [0.3, 0.4) is 0 Å². The minimum Gasteiger partial charge on any atom is -0.507 e. The molecule has 1 aliphatic rings. The van der Waals surface area contributed by atoms with Crippen LogP contribution in [0.4, 0.5) is 0 Å². The number of carbonyl (C=O) groups is 2. The summed E-state index contributed by atoms with van der Waals surface area (Å²) in [5, 5.41) is 32.7. The molecule has 1 amide bonds. The molecule has 8 heteroatoms. The van der Waals surface area contributed by atoms with Crippen molar-refractivity contribution in [1.29, 1.82) is 0 Å². The minimum absolute atomic E-state index is 0.0826. The summed E-state index contributed by atoms with van der Waals surface area (Å²) in [5.41, 5.74) is 0.667. The van der Waals surface area contributed by atoms with Crippen LogP contribution in [-0.2, 0) is 16.1 Å². The van der Waals surface area contributed by atoms with Crippen LogP contribution < -0.4 is 4.74 Å². The number of Topliss-reactive ketones (excluding diaryl/α,β-unsaturated/α-hetero) is 1. The first-order valence-corrected chi connectivity index (χ1v) is 10.8. The van der Waals surface area contributed by atoms with E-state index in [-0.39, 0.29) is 29.4 Å². The van der Waals surface area contributed by atoms with Gasteiger partial charge in [0, 0.05) is 10.4 Å². The van der Waals surface area contributed by atoms with Gasteiger partial charge in [0.2, 0.25) is 0 Å². The summed E-state index contributed by atoms with van der Waals surface area (Å²) in [6.07, 6.45) is 0. The molecule has 2 heterocycles. The summed E-state index contributed by atoms with van der Waals surface area (Å²) in [6.45, 7) is 2.51. The van der Waals surface area contributed by atoms with Gasteiger partial charge in [-0.3, -0.25) is 9.59 Å². The second-order valence-electron chi connectivity index (χ2n) is 7.21. The average Bonchev–Trinajstić information content (AvgIpc) is 3.38. The molecule has 0 bridgehead atoms. The minimum atomic E-state index is -0.935. The van der Waals surface area contributed by atoms with E-state index in [0.717, 1.165) is 4.88 Å². The summed E-state index contributed by atoms with van der Waals surface area (Å²) in [5.74, 6) is -1.98. The molecule has 0 aliphatic carbocycles. The fourth-order valence-corrected chi connectivity index (χ4v) is 4.40. The van der Waals surface area contributed by atoms with Crippen LogP contribution in [0.1, 0.15) is 29.0 Å². The highest BCUT2D eigenvalue weighted by atomic mass is 32.1. The third-order valence-electron chi connectivity index (χ3n) is 5.20. The molecular weight excluding hydrogens is 430 g/mol. The van der Waals surface area contributed by atoms with Crippen LogP contribution in [0.15, 0.2) is 65.6 Å². The number of benzene rings is 2. The summed E-state index contributed by atoms with van der Waals surface area (Å²) < 4.78 is 5.42. The molecule has 164 valence electrons. The third kappa shape index (κ3) is 3.92. The fourth-order valence-electron chi connectivity index (χ4n) is 3.70. The number of rotatable bonds is 6. The Kier molecular flexibility index (Phi) is 5.87. The van der Waals surface area contributed by atoms with Gasteiger partial charge in [-0.05, 0) is 60.3 Å². The van der Waals surface area contributed by atoms with E-state index in [0.29, 0.717) is 23.5 Å². The zero-order valence-corrected chi connectivity index (χ0v) is 18.0. The molecule has 1 aromatic heterocycles. The molecule has 1 fully saturated rings. The smallest absolute Gasteiger partial charge is 0.295 e. The Morgan fingerprint density at radius 2 is 1.81 bits per heavy atom. The Labute approximate surface area is 188 Å². The fraction of sp³-hybridized carbons (Fsp3) is 0.167. The lowest BCUT2D eigenvalue weighted by molar-refractivity contribution is -0.140. The quantitative estimate of drug-likeness (QED) is 0.225. The Balaban J connectivity index is 1.84. The molecular formula is C24H21NO6S. The van der Waals surface area contributed by atoms with Crippen molar-refractivity contribution in [2.45, 2.75) is 19.5 Å². The highest BCUT2D eigenvalue weighted by Gasteiger charge is 2.46. The molecule has 3 aromatic rings. The van der Waals surface area contributed by atoms with E-state index in [9.17, 15) is 24.9 Å². The molecule has 1 saturated heterocycles. The standard InChI is InChI=1S/C24H21NO6S/c1-2-31-16-8-5-14(6-9-16)22(28)20-21(15-7-10-18(26)19(27)12-15)25(24(30)23(20)29)13-17-4-3-11-32-17/h3-12,21,26-28H,2,13H2,1H3/b22-20+. The number of likely N-dealkylation sites (tertiary alicyclic amines) is 1. The molecule has 0 saturated carbocycles. The van der Waals surface area contributed by atoms with Crippen molar-refractivity contribution in [3.05, 3.63) is 81.6 Å². The number of hydrogen-bond acceptors (Lipinski definition) is 7. The average molecular weight is 452 g/mol. The van der Waals surface area contributed by atoms with Gasteiger partial charge in [-0.25, -0.2) is 0 Å². The second-order valence-corrected chi connectivity index (χ2v) is 8.24. The Bertz CT molecular complexity index is 1180. The van der Waals surface area contributed by atoms with Crippen LogP contribution in [0.5, 0.6) is 17.2 Å². The molecule has 2 aromatic carbocycles. The van der Waals surface area contributed by atoms with Crippen LogP contribution in [0, 0.1) is 0 Å². The first-order valence-electron chi connectivity index (χ1n) is 9.96. The van der Waals surface area contributed by atoms with Crippen molar-refractivity contribution in [2.24, 2.45) is 0 Å². The number of ether oxygens (including phenoxy) is 1. The van der Waals surface area contributed by atoms with E-state index in [2.05, 4.69) is 0 Å². The Hall–Kier alpha value is -3.78. The molecule has 4 rings (SSSR count). The van der Waals surface area contributed by atoms with Gasteiger partial charge in [0.1, 0.15) is 11.5 Å². The van der Waals surface area contributed by atoms with Gasteiger partial charge in [0.15, 0.2) is 11.5 Å². The molecule has 0 spiro atoms. The highest BCUT2D eigenvalue weighted by molar-refractivity contribution is 7.09. The monoisotopic (exact) mass is 451 g/mol. The van der Waals surface area contributed by atoms with Crippen molar-refractivity contribution in [3.8, 4) is 17.2 Å². The van der Waals surface area contributed by atoms with Gasteiger partial charge in [-0.15, -0.1) is 11.3 Å². The molecule has 3 N–H and O–H groups in total. The van der Waals surface area contributed by atoms with Gasteiger partial charge in [-0.2, -0.15) is 0 Å². The predicted octanol–water partition coefficient (Wildman–Crippen LogP) is 4.18. The number of phenols is 2. The van der Waals surface area contributed by atoms with Crippen LogP contribution >= 0.6 is 11.3 Å². The molecule has 1 aliphatic heterocycles. The normalized spacial score (nSPS) is 17.7. The molecule has 1 unspecified atom stereocenters. The predicted molar refractivity (Wildman–Crippen MR) is 120 cm³/mol. The number of aromatic hydroxyl groups is 2. The van der Waals surface area contributed by atoms with Crippen molar-refractivity contribution >= 4 is 28.8 Å². The Morgan fingerprint density at radius 3 is 2.44 bits per heavy atom. The molecule has 32 heavy (non-hydrogen) atoms. The van der Waals surface area contributed by atoms with E-state index < -0.39 is 17.7 Å². The van der Waals surface area contributed by atoms with Crippen molar-refractivity contribution in [3.63, 3.8) is 0 Å². The summed E-state index contributed by atoms with van der Waals surface area (Å²) >= 11 is 1.44. The topological polar surface area (TPSA) is 107 Å². The number of carbonyl (C=O) groups excluding carboxylic acids is 2. The molecule has 1 atom stereocenters. The summed E-state index contributed by atoms with van der Waals surface area (Å²) in [7, 11) is 0. The molecule has 7 nitrogen and oxygen atoms in total. The SMILES string of the molecule is CCOc1ccc(/C(O)=C2\C(=O)C(=O)N(Cc3cccs3)C2c2ccc(O)c(O)c2)cc1. The van der Waals surface area contributed by atoms with Crippen molar-refractivity contribution in [2.75, 3.05) is 6.61 Å². The van der Waals surface area contributed by atoms with Gasteiger partial charge >= 0.3 is 0 Å².